The van der Waals surface area contributed by atoms with E-state index in [0.29, 0.717) is 0 Å². The first-order valence-corrected chi connectivity index (χ1v) is 7.80. The van der Waals surface area contributed by atoms with Crippen LogP contribution in [0.5, 0.6) is 0 Å². The highest BCUT2D eigenvalue weighted by atomic mass is 15.2. The first-order chi connectivity index (χ1) is 8.29. The maximum absolute atomic E-state index is 3.69. The van der Waals surface area contributed by atoms with Crippen LogP contribution in [0.1, 0.15) is 58.8 Å². The third-order valence-corrected chi connectivity index (χ3v) is 5.30. The highest BCUT2D eigenvalue weighted by Crippen LogP contribution is 2.42. The zero-order chi connectivity index (χ0) is 11.8. The lowest BCUT2D eigenvalue weighted by atomic mass is 9.80. The van der Waals surface area contributed by atoms with Gasteiger partial charge in [0.05, 0.1) is 0 Å². The average molecular weight is 236 g/mol. The van der Waals surface area contributed by atoms with E-state index < -0.39 is 0 Å². The molecule has 2 bridgehead atoms. The van der Waals surface area contributed by atoms with Crippen LogP contribution < -0.4 is 5.32 Å². The quantitative estimate of drug-likeness (QED) is 0.807. The van der Waals surface area contributed by atoms with Crippen molar-refractivity contribution < 1.29 is 0 Å². The fraction of sp³-hybridized carbons (Fsp3) is 1.00. The number of rotatable bonds is 4. The Morgan fingerprint density at radius 2 is 1.76 bits per heavy atom. The van der Waals surface area contributed by atoms with Crippen LogP contribution in [0.3, 0.4) is 0 Å². The van der Waals surface area contributed by atoms with Crippen molar-refractivity contribution in [2.24, 2.45) is 5.92 Å². The van der Waals surface area contributed by atoms with E-state index in [0.717, 1.165) is 36.6 Å². The molecule has 0 aromatic carbocycles. The first kappa shape index (κ1) is 12.0. The van der Waals surface area contributed by atoms with Gasteiger partial charge in [0.2, 0.25) is 0 Å². The van der Waals surface area contributed by atoms with Crippen molar-refractivity contribution in [2.75, 3.05) is 6.54 Å². The molecule has 0 aromatic heterocycles. The van der Waals surface area contributed by atoms with Gasteiger partial charge in [0.1, 0.15) is 0 Å². The smallest absolute Gasteiger partial charge is 0.0116 e. The molecule has 0 aromatic rings. The van der Waals surface area contributed by atoms with Crippen molar-refractivity contribution >= 4 is 0 Å². The van der Waals surface area contributed by atoms with Crippen LogP contribution >= 0.6 is 0 Å². The monoisotopic (exact) mass is 236 g/mol. The summed E-state index contributed by atoms with van der Waals surface area (Å²) < 4.78 is 0. The van der Waals surface area contributed by atoms with Gasteiger partial charge in [-0.1, -0.05) is 13.3 Å². The van der Waals surface area contributed by atoms with Gasteiger partial charge >= 0.3 is 0 Å². The molecule has 0 radical (unpaired) electrons. The molecule has 3 unspecified atom stereocenters. The van der Waals surface area contributed by atoms with Gasteiger partial charge in [-0.15, -0.1) is 0 Å². The van der Waals surface area contributed by atoms with E-state index in [4.69, 9.17) is 0 Å². The predicted octanol–water partition coefficient (Wildman–Crippen LogP) is 2.78. The molecule has 2 heterocycles. The van der Waals surface area contributed by atoms with Gasteiger partial charge in [-0.2, -0.15) is 0 Å². The summed E-state index contributed by atoms with van der Waals surface area (Å²) in [5, 5.41) is 3.69. The molecule has 1 saturated carbocycles. The summed E-state index contributed by atoms with van der Waals surface area (Å²) in [6, 6.07) is 3.45. The highest BCUT2D eigenvalue weighted by Gasteiger charge is 2.43. The summed E-state index contributed by atoms with van der Waals surface area (Å²) in [7, 11) is 0. The first-order valence-electron chi connectivity index (χ1n) is 7.80. The van der Waals surface area contributed by atoms with E-state index in [-0.39, 0.29) is 0 Å². The Labute approximate surface area is 106 Å². The second kappa shape index (κ2) is 4.89. The molecule has 3 fully saturated rings. The molecule has 2 nitrogen and oxygen atoms in total. The van der Waals surface area contributed by atoms with Gasteiger partial charge in [0.25, 0.3) is 0 Å². The summed E-state index contributed by atoms with van der Waals surface area (Å²) >= 11 is 0. The van der Waals surface area contributed by atoms with Crippen molar-refractivity contribution in [3.63, 3.8) is 0 Å². The molecule has 0 amide bonds. The highest BCUT2D eigenvalue weighted by molar-refractivity contribution is 4.99. The normalized spacial score (nSPS) is 40.2. The van der Waals surface area contributed by atoms with Crippen molar-refractivity contribution in [3.05, 3.63) is 0 Å². The van der Waals surface area contributed by atoms with Crippen LogP contribution in [0.25, 0.3) is 0 Å². The minimum Gasteiger partial charge on any atom is -0.314 e. The fourth-order valence-electron chi connectivity index (χ4n) is 4.36. The standard InChI is InChI=1S/C15H28N2/c1-3-16-13-9-14-5-4-6-15(10-13)17(14)11(2)12-7-8-12/h11-16H,3-10H2,1-2H3. The van der Waals surface area contributed by atoms with Crippen LogP contribution in [-0.2, 0) is 0 Å². The molecular weight excluding hydrogens is 208 g/mol. The molecule has 2 saturated heterocycles. The number of nitrogens with one attached hydrogen (secondary N) is 1. The van der Waals surface area contributed by atoms with Crippen molar-refractivity contribution in [3.8, 4) is 0 Å². The lowest BCUT2D eigenvalue weighted by molar-refractivity contribution is -0.0117. The van der Waals surface area contributed by atoms with E-state index in [1.165, 1.54) is 44.9 Å². The maximum atomic E-state index is 3.69. The molecule has 3 atom stereocenters. The minimum absolute atomic E-state index is 0.804. The van der Waals surface area contributed by atoms with E-state index >= 15 is 0 Å². The van der Waals surface area contributed by atoms with Crippen LogP contribution in [0.15, 0.2) is 0 Å². The van der Waals surface area contributed by atoms with Crippen LogP contribution in [0.2, 0.25) is 0 Å². The van der Waals surface area contributed by atoms with E-state index in [1.54, 1.807) is 0 Å². The summed E-state index contributed by atoms with van der Waals surface area (Å²) in [5.74, 6) is 1.04. The van der Waals surface area contributed by atoms with Crippen molar-refractivity contribution in [1.82, 2.24) is 10.2 Å². The van der Waals surface area contributed by atoms with Gasteiger partial charge < -0.3 is 5.32 Å². The molecular formula is C15H28N2. The molecule has 1 N–H and O–H groups in total. The number of hydrogen-bond acceptors (Lipinski definition) is 2. The van der Waals surface area contributed by atoms with E-state index in [1.807, 2.05) is 0 Å². The van der Waals surface area contributed by atoms with Crippen LogP contribution in [0, 0.1) is 5.92 Å². The summed E-state index contributed by atoms with van der Waals surface area (Å²) in [5.41, 5.74) is 0. The number of piperidine rings is 2. The summed E-state index contributed by atoms with van der Waals surface area (Å²) in [4.78, 5) is 2.93. The lowest BCUT2D eigenvalue weighted by Crippen LogP contribution is -2.59. The molecule has 3 aliphatic rings. The third-order valence-electron chi connectivity index (χ3n) is 5.30. The lowest BCUT2D eigenvalue weighted by Gasteiger charge is -2.52. The van der Waals surface area contributed by atoms with E-state index in [2.05, 4.69) is 24.1 Å². The SMILES string of the molecule is CCNC1CC2CCCC(C1)N2C(C)C1CC1. The Morgan fingerprint density at radius 1 is 1.12 bits per heavy atom. The molecule has 98 valence electrons. The second-order valence-corrected chi connectivity index (χ2v) is 6.49. The maximum Gasteiger partial charge on any atom is 0.0116 e. The van der Waals surface area contributed by atoms with E-state index in [9.17, 15) is 0 Å². The summed E-state index contributed by atoms with van der Waals surface area (Å²) in [6.07, 6.45) is 10.2. The van der Waals surface area contributed by atoms with Crippen molar-refractivity contribution in [1.29, 1.82) is 0 Å². The Morgan fingerprint density at radius 3 is 2.29 bits per heavy atom. The van der Waals surface area contributed by atoms with Crippen LogP contribution in [-0.4, -0.2) is 35.6 Å². The zero-order valence-corrected chi connectivity index (χ0v) is 11.5. The van der Waals surface area contributed by atoms with Gasteiger partial charge in [-0.3, -0.25) is 4.90 Å². The zero-order valence-electron chi connectivity index (χ0n) is 11.5. The number of hydrogen-bond donors (Lipinski definition) is 1. The average Bonchev–Trinajstić information content (AvgIpc) is 3.11. The number of nitrogens with zero attached hydrogens (tertiary/aromatic N) is 1. The summed E-state index contributed by atoms with van der Waals surface area (Å²) in [6.45, 7) is 5.88. The van der Waals surface area contributed by atoms with Gasteiger partial charge in [0, 0.05) is 24.2 Å². The third kappa shape index (κ3) is 2.39. The van der Waals surface area contributed by atoms with Gasteiger partial charge in [-0.25, -0.2) is 0 Å². The Hall–Kier alpha value is -0.0800. The predicted molar refractivity (Wildman–Crippen MR) is 72.2 cm³/mol. The molecule has 0 spiro atoms. The molecule has 3 rings (SSSR count). The van der Waals surface area contributed by atoms with Gasteiger partial charge in [-0.05, 0) is 57.9 Å². The molecule has 2 aliphatic heterocycles. The Balaban J connectivity index is 1.68. The largest absolute Gasteiger partial charge is 0.314 e. The van der Waals surface area contributed by atoms with Gasteiger partial charge in [0.15, 0.2) is 0 Å². The molecule has 1 aliphatic carbocycles. The molecule has 17 heavy (non-hydrogen) atoms. The fourth-order valence-corrected chi connectivity index (χ4v) is 4.36. The molecule has 2 heteroatoms. The number of fused-ring (bicyclic) bond motifs is 2. The van der Waals surface area contributed by atoms with Crippen molar-refractivity contribution in [2.45, 2.75) is 83.0 Å². The van der Waals surface area contributed by atoms with Crippen LogP contribution in [0.4, 0.5) is 0 Å². The Bertz CT molecular complexity index is 248. The second-order valence-electron chi connectivity index (χ2n) is 6.49. The topological polar surface area (TPSA) is 15.3 Å². The Kier molecular flexibility index (Phi) is 3.45. The minimum atomic E-state index is 0.804.